The van der Waals surface area contributed by atoms with Crippen molar-refractivity contribution in [2.75, 3.05) is 18.9 Å². The zero-order valence-electron chi connectivity index (χ0n) is 11.1. The molecule has 0 saturated heterocycles. The third kappa shape index (κ3) is 2.45. The number of nitrogens with two attached hydrogens (primary N) is 1. The average molecular weight is 268 g/mol. The minimum absolute atomic E-state index is 0.00919. The molecule has 1 heterocycles. The summed E-state index contributed by atoms with van der Waals surface area (Å²) in [4.78, 5) is 14.3. The second kappa shape index (κ2) is 5.25. The maximum Gasteiger partial charge on any atom is 0.258 e. The highest BCUT2D eigenvalue weighted by atomic mass is 16.5. The van der Waals surface area contributed by atoms with E-state index in [1.54, 1.807) is 11.0 Å². The van der Waals surface area contributed by atoms with Gasteiger partial charge < -0.3 is 15.4 Å². The third-order valence-electron chi connectivity index (χ3n) is 3.38. The molecule has 4 heteroatoms. The molecule has 0 bridgehead atoms. The van der Waals surface area contributed by atoms with E-state index in [0.717, 1.165) is 11.3 Å². The highest BCUT2D eigenvalue weighted by Crippen LogP contribution is 2.23. The van der Waals surface area contributed by atoms with Crippen LogP contribution in [-0.2, 0) is 6.54 Å². The fourth-order valence-corrected chi connectivity index (χ4v) is 2.30. The Hall–Kier alpha value is -2.49. The summed E-state index contributed by atoms with van der Waals surface area (Å²) in [5, 5.41) is 0. The molecule has 20 heavy (non-hydrogen) atoms. The molecule has 0 spiro atoms. The summed E-state index contributed by atoms with van der Waals surface area (Å²) in [6.07, 6.45) is 0. The SMILES string of the molecule is Nc1ccc(CN2CCOc3ccccc3C2=O)cc1. The molecule has 2 aromatic rings. The lowest BCUT2D eigenvalue weighted by Crippen LogP contribution is -2.31. The van der Waals surface area contributed by atoms with Gasteiger partial charge in [-0.2, -0.15) is 0 Å². The van der Waals surface area contributed by atoms with Crippen LogP contribution in [0.2, 0.25) is 0 Å². The molecule has 1 aliphatic rings. The smallest absolute Gasteiger partial charge is 0.258 e. The van der Waals surface area contributed by atoms with Gasteiger partial charge in [0.05, 0.1) is 12.1 Å². The van der Waals surface area contributed by atoms with Gasteiger partial charge in [-0.3, -0.25) is 4.79 Å². The summed E-state index contributed by atoms with van der Waals surface area (Å²) in [7, 11) is 0. The Morgan fingerprint density at radius 2 is 1.85 bits per heavy atom. The summed E-state index contributed by atoms with van der Waals surface area (Å²) in [6.45, 7) is 1.66. The molecule has 0 unspecified atom stereocenters. The van der Waals surface area contributed by atoms with E-state index in [9.17, 15) is 4.79 Å². The highest BCUT2D eigenvalue weighted by Gasteiger charge is 2.22. The molecule has 2 aromatic carbocycles. The maximum atomic E-state index is 12.5. The first-order chi connectivity index (χ1) is 9.74. The molecule has 1 amide bonds. The molecule has 0 radical (unpaired) electrons. The second-order valence-corrected chi connectivity index (χ2v) is 4.81. The van der Waals surface area contributed by atoms with Crippen molar-refractivity contribution in [3.8, 4) is 5.75 Å². The topological polar surface area (TPSA) is 55.6 Å². The molecular weight excluding hydrogens is 252 g/mol. The molecule has 3 rings (SSSR count). The molecule has 4 nitrogen and oxygen atoms in total. The number of fused-ring (bicyclic) bond motifs is 1. The van der Waals surface area contributed by atoms with Crippen molar-refractivity contribution in [1.29, 1.82) is 0 Å². The second-order valence-electron chi connectivity index (χ2n) is 4.81. The van der Waals surface area contributed by atoms with Gasteiger partial charge in [-0.1, -0.05) is 24.3 Å². The van der Waals surface area contributed by atoms with Crippen molar-refractivity contribution in [3.63, 3.8) is 0 Å². The Bertz CT molecular complexity index is 623. The minimum atomic E-state index is 0.00919. The van der Waals surface area contributed by atoms with Crippen LogP contribution in [0.15, 0.2) is 48.5 Å². The van der Waals surface area contributed by atoms with Crippen molar-refractivity contribution >= 4 is 11.6 Å². The van der Waals surface area contributed by atoms with E-state index in [2.05, 4.69) is 0 Å². The van der Waals surface area contributed by atoms with Crippen LogP contribution in [0.3, 0.4) is 0 Å². The number of hydrogen-bond donors (Lipinski definition) is 1. The van der Waals surface area contributed by atoms with Crippen LogP contribution in [0, 0.1) is 0 Å². The quantitative estimate of drug-likeness (QED) is 0.850. The largest absolute Gasteiger partial charge is 0.491 e. The van der Waals surface area contributed by atoms with Crippen molar-refractivity contribution in [2.45, 2.75) is 6.54 Å². The van der Waals surface area contributed by atoms with Gasteiger partial charge in [0.15, 0.2) is 0 Å². The standard InChI is InChI=1S/C16H16N2O2/c17-13-7-5-12(6-8-13)11-18-9-10-20-15-4-2-1-3-14(15)16(18)19/h1-8H,9-11,17H2. The first-order valence-electron chi connectivity index (χ1n) is 6.59. The zero-order chi connectivity index (χ0) is 13.9. The molecule has 0 aromatic heterocycles. The number of nitrogen functional groups attached to an aromatic ring is 1. The lowest BCUT2D eigenvalue weighted by Gasteiger charge is -2.20. The predicted molar refractivity (Wildman–Crippen MR) is 77.5 cm³/mol. The monoisotopic (exact) mass is 268 g/mol. The van der Waals surface area contributed by atoms with E-state index in [-0.39, 0.29) is 5.91 Å². The zero-order valence-corrected chi connectivity index (χ0v) is 11.1. The van der Waals surface area contributed by atoms with Gasteiger partial charge in [-0.05, 0) is 29.8 Å². The van der Waals surface area contributed by atoms with Crippen LogP contribution in [0.1, 0.15) is 15.9 Å². The van der Waals surface area contributed by atoms with Gasteiger partial charge in [0.25, 0.3) is 5.91 Å². The van der Waals surface area contributed by atoms with Crippen molar-refractivity contribution < 1.29 is 9.53 Å². The van der Waals surface area contributed by atoms with Gasteiger partial charge in [0.1, 0.15) is 12.4 Å². The number of nitrogens with zero attached hydrogens (tertiary/aromatic N) is 1. The minimum Gasteiger partial charge on any atom is -0.491 e. The Labute approximate surface area is 117 Å². The molecular formula is C16H16N2O2. The number of para-hydroxylation sites is 1. The van der Waals surface area contributed by atoms with E-state index >= 15 is 0 Å². The summed E-state index contributed by atoms with van der Waals surface area (Å²) < 4.78 is 5.62. The van der Waals surface area contributed by atoms with E-state index in [1.807, 2.05) is 42.5 Å². The molecule has 1 aliphatic heterocycles. The summed E-state index contributed by atoms with van der Waals surface area (Å²) in [5.41, 5.74) is 8.09. The van der Waals surface area contributed by atoms with Crippen LogP contribution >= 0.6 is 0 Å². The number of hydrogen-bond acceptors (Lipinski definition) is 3. The molecule has 0 atom stereocenters. The van der Waals surface area contributed by atoms with Crippen LogP contribution < -0.4 is 10.5 Å². The van der Waals surface area contributed by atoms with Crippen LogP contribution in [-0.4, -0.2) is 24.0 Å². The molecule has 102 valence electrons. The van der Waals surface area contributed by atoms with Gasteiger partial charge in [-0.15, -0.1) is 0 Å². The number of rotatable bonds is 2. The Morgan fingerprint density at radius 3 is 2.65 bits per heavy atom. The van der Waals surface area contributed by atoms with Crippen molar-refractivity contribution in [1.82, 2.24) is 4.90 Å². The predicted octanol–water partition coefficient (Wildman–Crippen LogP) is 2.30. The Balaban J connectivity index is 1.84. The van der Waals surface area contributed by atoms with Gasteiger partial charge in [0.2, 0.25) is 0 Å². The molecule has 0 saturated carbocycles. The van der Waals surface area contributed by atoms with E-state index < -0.39 is 0 Å². The Morgan fingerprint density at radius 1 is 1.10 bits per heavy atom. The fraction of sp³-hybridized carbons (Fsp3) is 0.188. The van der Waals surface area contributed by atoms with Crippen LogP contribution in [0.4, 0.5) is 5.69 Å². The molecule has 2 N–H and O–H groups in total. The Kier molecular flexibility index (Phi) is 3.29. The van der Waals surface area contributed by atoms with Crippen molar-refractivity contribution in [3.05, 3.63) is 59.7 Å². The maximum absolute atomic E-state index is 12.5. The third-order valence-corrected chi connectivity index (χ3v) is 3.38. The van der Waals surface area contributed by atoms with Gasteiger partial charge in [0, 0.05) is 12.2 Å². The fourth-order valence-electron chi connectivity index (χ4n) is 2.30. The van der Waals surface area contributed by atoms with Crippen LogP contribution in [0.25, 0.3) is 0 Å². The number of ether oxygens (including phenoxy) is 1. The first kappa shape index (κ1) is 12.5. The lowest BCUT2D eigenvalue weighted by atomic mass is 10.1. The number of carbonyl (C=O) groups is 1. The number of benzene rings is 2. The van der Waals surface area contributed by atoms with E-state index in [4.69, 9.17) is 10.5 Å². The van der Waals surface area contributed by atoms with Crippen molar-refractivity contribution in [2.24, 2.45) is 0 Å². The lowest BCUT2D eigenvalue weighted by molar-refractivity contribution is 0.0743. The van der Waals surface area contributed by atoms with Crippen LogP contribution in [0.5, 0.6) is 5.75 Å². The normalized spacial score (nSPS) is 14.4. The number of amides is 1. The summed E-state index contributed by atoms with van der Waals surface area (Å²) >= 11 is 0. The molecule has 0 aliphatic carbocycles. The van der Waals surface area contributed by atoms with Gasteiger partial charge >= 0.3 is 0 Å². The average Bonchev–Trinajstić information content (AvgIpc) is 2.62. The molecule has 0 fully saturated rings. The summed E-state index contributed by atoms with van der Waals surface area (Å²) in [5.74, 6) is 0.673. The van der Waals surface area contributed by atoms with E-state index in [1.165, 1.54) is 0 Å². The first-order valence-corrected chi connectivity index (χ1v) is 6.59. The summed E-state index contributed by atoms with van der Waals surface area (Å²) in [6, 6.07) is 15.0. The highest BCUT2D eigenvalue weighted by molar-refractivity contribution is 5.97. The number of carbonyl (C=O) groups excluding carboxylic acids is 1. The van der Waals surface area contributed by atoms with E-state index in [0.29, 0.717) is 31.0 Å². The van der Waals surface area contributed by atoms with Gasteiger partial charge in [-0.25, -0.2) is 0 Å². The number of anilines is 1.